The molecule has 0 bridgehead atoms. The number of nitrogens with one attached hydrogen (secondary N) is 1. The van der Waals surface area contributed by atoms with E-state index < -0.39 is 5.54 Å². The van der Waals surface area contributed by atoms with Crippen LogP contribution < -0.4 is 5.32 Å². The number of amides is 3. The molecular formula is C14H19N3O3. The second-order valence-corrected chi connectivity index (χ2v) is 5.87. The van der Waals surface area contributed by atoms with Crippen LogP contribution in [0.4, 0.5) is 4.79 Å². The van der Waals surface area contributed by atoms with E-state index in [4.69, 9.17) is 4.52 Å². The highest BCUT2D eigenvalue weighted by molar-refractivity contribution is 6.07. The number of aromatic nitrogens is 1. The van der Waals surface area contributed by atoms with Crippen molar-refractivity contribution >= 4 is 11.9 Å². The zero-order chi connectivity index (χ0) is 14.3. The van der Waals surface area contributed by atoms with Crippen molar-refractivity contribution in [1.29, 1.82) is 0 Å². The number of carbonyl (C=O) groups is 2. The predicted molar refractivity (Wildman–Crippen MR) is 70.7 cm³/mol. The molecule has 1 aromatic heterocycles. The van der Waals surface area contributed by atoms with Crippen LogP contribution in [0.2, 0.25) is 0 Å². The first-order valence-electron chi connectivity index (χ1n) is 7.09. The van der Waals surface area contributed by atoms with Crippen LogP contribution in [0.5, 0.6) is 0 Å². The van der Waals surface area contributed by atoms with Gasteiger partial charge in [0, 0.05) is 6.07 Å². The van der Waals surface area contributed by atoms with Gasteiger partial charge in [0.2, 0.25) is 0 Å². The fourth-order valence-electron chi connectivity index (χ4n) is 3.29. The number of imide groups is 1. The fraction of sp³-hybridized carbons (Fsp3) is 0.643. The molecule has 1 N–H and O–H groups in total. The Morgan fingerprint density at radius 3 is 2.95 bits per heavy atom. The maximum absolute atomic E-state index is 12.7. The molecule has 0 unspecified atom stereocenters. The highest BCUT2D eigenvalue weighted by atomic mass is 16.5. The molecule has 1 aliphatic heterocycles. The topological polar surface area (TPSA) is 75.4 Å². The average Bonchev–Trinajstić information content (AvgIpc) is 2.92. The lowest BCUT2D eigenvalue weighted by Gasteiger charge is -2.36. The normalized spacial score (nSPS) is 30.1. The van der Waals surface area contributed by atoms with Gasteiger partial charge in [0.15, 0.2) is 0 Å². The summed E-state index contributed by atoms with van der Waals surface area (Å²) in [7, 11) is 0. The first kappa shape index (κ1) is 13.1. The SMILES string of the molecule is Cc1cc(CN2C(=O)N[C@@]3(CCCC[C@@H]3C)C2=O)no1. The monoisotopic (exact) mass is 277 g/mol. The molecule has 2 aliphatic rings. The van der Waals surface area contributed by atoms with Crippen molar-refractivity contribution in [3.8, 4) is 0 Å². The molecule has 6 heteroatoms. The van der Waals surface area contributed by atoms with Crippen LogP contribution in [0.1, 0.15) is 44.1 Å². The molecule has 108 valence electrons. The smallest absolute Gasteiger partial charge is 0.325 e. The van der Waals surface area contributed by atoms with Crippen LogP contribution in [0.15, 0.2) is 10.6 Å². The van der Waals surface area contributed by atoms with Crippen molar-refractivity contribution < 1.29 is 14.1 Å². The summed E-state index contributed by atoms with van der Waals surface area (Å²) in [6, 6.07) is 1.43. The van der Waals surface area contributed by atoms with E-state index >= 15 is 0 Å². The van der Waals surface area contributed by atoms with Gasteiger partial charge in [0.1, 0.15) is 17.0 Å². The summed E-state index contributed by atoms with van der Waals surface area (Å²) in [6.07, 6.45) is 3.80. The van der Waals surface area contributed by atoms with E-state index in [0.29, 0.717) is 11.5 Å². The summed E-state index contributed by atoms with van der Waals surface area (Å²) in [5.41, 5.74) is -0.0970. The molecule has 2 fully saturated rings. The van der Waals surface area contributed by atoms with E-state index in [9.17, 15) is 9.59 Å². The summed E-state index contributed by atoms with van der Waals surface area (Å²) < 4.78 is 4.98. The summed E-state index contributed by atoms with van der Waals surface area (Å²) >= 11 is 0. The van der Waals surface area contributed by atoms with Crippen molar-refractivity contribution in [2.75, 3.05) is 0 Å². The quantitative estimate of drug-likeness (QED) is 0.839. The summed E-state index contributed by atoms with van der Waals surface area (Å²) in [5, 5.41) is 6.78. The molecule has 3 amide bonds. The molecule has 2 heterocycles. The molecule has 1 saturated carbocycles. The van der Waals surface area contributed by atoms with Crippen molar-refractivity contribution in [1.82, 2.24) is 15.4 Å². The third kappa shape index (κ3) is 1.90. The fourth-order valence-corrected chi connectivity index (χ4v) is 3.29. The summed E-state index contributed by atoms with van der Waals surface area (Å²) in [4.78, 5) is 26.1. The third-order valence-corrected chi connectivity index (χ3v) is 4.50. The van der Waals surface area contributed by atoms with E-state index in [1.54, 1.807) is 13.0 Å². The van der Waals surface area contributed by atoms with E-state index in [-0.39, 0.29) is 24.4 Å². The minimum Gasteiger partial charge on any atom is -0.361 e. The van der Waals surface area contributed by atoms with Crippen molar-refractivity contribution in [3.05, 3.63) is 17.5 Å². The van der Waals surface area contributed by atoms with Crippen molar-refractivity contribution in [2.24, 2.45) is 5.92 Å². The molecule has 2 atom stereocenters. The number of rotatable bonds is 2. The van der Waals surface area contributed by atoms with Gasteiger partial charge in [-0.2, -0.15) is 0 Å². The number of hydrogen-bond acceptors (Lipinski definition) is 4. The Kier molecular flexibility index (Phi) is 3.03. The Morgan fingerprint density at radius 1 is 1.50 bits per heavy atom. The highest BCUT2D eigenvalue weighted by Crippen LogP contribution is 2.38. The minimum atomic E-state index is -0.700. The molecule has 1 spiro atoms. The molecule has 1 saturated heterocycles. The predicted octanol–water partition coefficient (Wildman–Crippen LogP) is 1.98. The zero-order valence-electron chi connectivity index (χ0n) is 11.8. The second kappa shape index (κ2) is 4.61. The van der Waals surface area contributed by atoms with Gasteiger partial charge in [-0.3, -0.25) is 9.69 Å². The molecule has 1 aromatic rings. The lowest BCUT2D eigenvalue weighted by atomic mass is 9.73. The van der Waals surface area contributed by atoms with E-state index in [1.807, 2.05) is 6.92 Å². The Balaban J connectivity index is 1.83. The number of urea groups is 1. The largest absolute Gasteiger partial charge is 0.361 e. The lowest BCUT2D eigenvalue weighted by Crippen LogP contribution is -2.53. The molecular weight excluding hydrogens is 258 g/mol. The number of hydrogen-bond donors (Lipinski definition) is 1. The molecule has 6 nitrogen and oxygen atoms in total. The highest BCUT2D eigenvalue weighted by Gasteiger charge is 2.54. The van der Waals surface area contributed by atoms with Gasteiger partial charge in [0.25, 0.3) is 5.91 Å². The van der Waals surface area contributed by atoms with E-state index in [2.05, 4.69) is 10.5 Å². The lowest BCUT2D eigenvalue weighted by molar-refractivity contribution is -0.134. The third-order valence-electron chi connectivity index (χ3n) is 4.50. The minimum absolute atomic E-state index is 0.115. The Labute approximate surface area is 117 Å². The number of aryl methyl sites for hydroxylation is 1. The van der Waals surface area contributed by atoms with Crippen molar-refractivity contribution in [2.45, 2.75) is 51.6 Å². The zero-order valence-corrected chi connectivity index (χ0v) is 11.8. The standard InChI is InChI=1S/C14H19N3O3/c1-9-5-3-4-6-14(9)12(18)17(13(19)15-14)8-11-7-10(2)20-16-11/h7,9H,3-6,8H2,1-2H3,(H,15,19)/t9-,14+/m0/s1. The first-order chi connectivity index (χ1) is 9.53. The van der Waals surface area contributed by atoms with Gasteiger partial charge in [-0.05, 0) is 25.7 Å². The van der Waals surface area contributed by atoms with E-state index in [1.165, 1.54) is 4.90 Å². The number of nitrogens with zero attached hydrogens (tertiary/aromatic N) is 2. The molecule has 3 rings (SSSR count). The first-order valence-corrected chi connectivity index (χ1v) is 7.09. The summed E-state index contributed by atoms with van der Waals surface area (Å²) in [5.74, 6) is 0.736. The van der Waals surface area contributed by atoms with Crippen LogP contribution in [0.25, 0.3) is 0 Å². The van der Waals surface area contributed by atoms with E-state index in [0.717, 1.165) is 25.7 Å². The van der Waals surface area contributed by atoms with Gasteiger partial charge in [-0.15, -0.1) is 0 Å². The second-order valence-electron chi connectivity index (χ2n) is 5.87. The Bertz CT molecular complexity index is 554. The van der Waals surface area contributed by atoms with Crippen molar-refractivity contribution in [3.63, 3.8) is 0 Å². The van der Waals surface area contributed by atoms with Gasteiger partial charge < -0.3 is 9.84 Å². The van der Waals surface area contributed by atoms with Crippen LogP contribution in [-0.2, 0) is 11.3 Å². The number of carbonyl (C=O) groups excluding carboxylic acids is 2. The average molecular weight is 277 g/mol. The Morgan fingerprint density at radius 2 is 2.30 bits per heavy atom. The van der Waals surface area contributed by atoms with Crippen LogP contribution >= 0.6 is 0 Å². The van der Waals surface area contributed by atoms with Gasteiger partial charge in [0.05, 0.1) is 6.54 Å². The van der Waals surface area contributed by atoms with Crippen LogP contribution in [-0.4, -0.2) is 27.5 Å². The van der Waals surface area contributed by atoms with Gasteiger partial charge in [-0.25, -0.2) is 4.79 Å². The molecule has 1 aliphatic carbocycles. The maximum atomic E-state index is 12.7. The maximum Gasteiger partial charge on any atom is 0.325 e. The van der Waals surface area contributed by atoms with Gasteiger partial charge in [-0.1, -0.05) is 24.9 Å². The summed E-state index contributed by atoms with van der Waals surface area (Å²) in [6.45, 7) is 4.00. The van der Waals surface area contributed by atoms with Gasteiger partial charge >= 0.3 is 6.03 Å². The molecule has 0 aromatic carbocycles. The van der Waals surface area contributed by atoms with Crippen LogP contribution in [0, 0.1) is 12.8 Å². The molecule has 0 radical (unpaired) electrons. The molecule has 20 heavy (non-hydrogen) atoms. The van der Waals surface area contributed by atoms with Crippen LogP contribution in [0.3, 0.4) is 0 Å². The Hall–Kier alpha value is -1.85.